The number of aliphatic carboxylic acids is 1. The molecule has 2 rings (SSSR count). The van der Waals surface area contributed by atoms with Gasteiger partial charge in [0.1, 0.15) is 5.01 Å². The number of anilines is 1. The van der Waals surface area contributed by atoms with Crippen molar-refractivity contribution in [1.82, 2.24) is 4.98 Å². The second-order valence-corrected chi connectivity index (χ2v) is 4.19. The SMILES string of the molecule is Cl.Nc1ccc(-c2nc(CC(=O)O)cs2)cc1. The van der Waals surface area contributed by atoms with Crippen molar-refractivity contribution < 1.29 is 9.90 Å². The van der Waals surface area contributed by atoms with Gasteiger partial charge < -0.3 is 10.8 Å². The molecule has 0 amide bonds. The van der Waals surface area contributed by atoms with Gasteiger partial charge in [-0.2, -0.15) is 0 Å². The topological polar surface area (TPSA) is 76.2 Å². The molecular formula is C11H11ClN2O2S. The van der Waals surface area contributed by atoms with E-state index in [0.717, 1.165) is 10.6 Å². The van der Waals surface area contributed by atoms with Gasteiger partial charge in [0, 0.05) is 16.6 Å². The lowest BCUT2D eigenvalue weighted by molar-refractivity contribution is -0.136. The molecule has 0 aliphatic carbocycles. The van der Waals surface area contributed by atoms with Gasteiger partial charge in [0.2, 0.25) is 0 Å². The van der Waals surface area contributed by atoms with Gasteiger partial charge in [0.25, 0.3) is 0 Å². The largest absolute Gasteiger partial charge is 0.481 e. The third-order valence-corrected chi connectivity index (χ3v) is 2.98. The summed E-state index contributed by atoms with van der Waals surface area (Å²) >= 11 is 1.44. The predicted octanol–water partition coefficient (Wildman–Crippen LogP) is 2.44. The van der Waals surface area contributed by atoms with Crippen molar-refractivity contribution in [2.75, 3.05) is 5.73 Å². The summed E-state index contributed by atoms with van der Waals surface area (Å²) in [5.74, 6) is -0.867. The van der Waals surface area contributed by atoms with Crippen molar-refractivity contribution >= 4 is 35.4 Å². The second-order valence-electron chi connectivity index (χ2n) is 3.34. The van der Waals surface area contributed by atoms with E-state index in [1.807, 2.05) is 12.1 Å². The molecule has 3 N–H and O–H groups in total. The lowest BCUT2D eigenvalue weighted by Gasteiger charge is -1.96. The molecule has 0 aliphatic rings. The maximum absolute atomic E-state index is 10.5. The zero-order valence-electron chi connectivity index (χ0n) is 8.79. The summed E-state index contributed by atoms with van der Waals surface area (Å²) in [4.78, 5) is 14.8. The number of carboxylic acids is 1. The first-order chi connectivity index (χ1) is 7.65. The molecule has 0 radical (unpaired) electrons. The van der Waals surface area contributed by atoms with E-state index in [0.29, 0.717) is 11.4 Å². The standard InChI is InChI=1S/C11H10N2O2S.ClH/c12-8-3-1-7(2-4-8)11-13-9(6-16-11)5-10(14)15;/h1-4,6H,5,12H2,(H,14,15);1H. The van der Waals surface area contributed by atoms with Gasteiger partial charge in [-0.25, -0.2) is 4.98 Å². The highest BCUT2D eigenvalue weighted by Gasteiger charge is 2.07. The highest BCUT2D eigenvalue weighted by atomic mass is 35.5. The Balaban J connectivity index is 0.00000144. The van der Waals surface area contributed by atoms with Crippen LogP contribution in [0.2, 0.25) is 0 Å². The van der Waals surface area contributed by atoms with E-state index in [2.05, 4.69) is 4.98 Å². The van der Waals surface area contributed by atoms with Crippen LogP contribution in [-0.2, 0) is 11.2 Å². The summed E-state index contributed by atoms with van der Waals surface area (Å²) in [7, 11) is 0. The number of halogens is 1. The summed E-state index contributed by atoms with van der Waals surface area (Å²) in [5.41, 5.74) is 7.82. The Labute approximate surface area is 109 Å². The Morgan fingerprint density at radius 3 is 2.59 bits per heavy atom. The zero-order chi connectivity index (χ0) is 11.5. The van der Waals surface area contributed by atoms with E-state index < -0.39 is 5.97 Å². The molecule has 0 atom stereocenters. The van der Waals surface area contributed by atoms with Crippen molar-refractivity contribution in [3.63, 3.8) is 0 Å². The van der Waals surface area contributed by atoms with Crippen LogP contribution in [0.25, 0.3) is 10.6 Å². The molecule has 2 aromatic rings. The van der Waals surface area contributed by atoms with E-state index in [4.69, 9.17) is 10.8 Å². The van der Waals surface area contributed by atoms with Gasteiger partial charge in [0.15, 0.2) is 0 Å². The van der Waals surface area contributed by atoms with E-state index >= 15 is 0 Å². The van der Waals surface area contributed by atoms with Gasteiger partial charge in [-0.1, -0.05) is 0 Å². The van der Waals surface area contributed by atoms with Gasteiger partial charge in [0.05, 0.1) is 12.1 Å². The van der Waals surface area contributed by atoms with Gasteiger partial charge in [-0.15, -0.1) is 23.7 Å². The number of thiazole rings is 1. The maximum Gasteiger partial charge on any atom is 0.309 e. The second kappa shape index (κ2) is 5.65. The summed E-state index contributed by atoms with van der Waals surface area (Å²) in [6.45, 7) is 0. The third-order valence-electron chi connectivity index (χ3n) is 2.04. The summed E-state index contributed by atoms with van der Waals surface area (Å²) in [5, 5.41) is 11.2. The minimum Gasteiger partial charge on any atom is -0.481 e. The summed E-state index contributed by atoms with van der Waals surface area (Å²) < 4.78 is 0. The van der Waals surface area contributed by atoms with Crippen molar-refractivity contribution in [3.8, 4) is 10.6 Å². The molecule has 1 heterocycles. The van der Waals surface area contributed by atoms with Crippen molar-refractivity contribution in [1.29, 1.82) is 0 Å². The lowest BCUT2D eigenvalue weighted by atomic mass is 10.2. The molecule has 0 spiro atoms. The molecule has 6 heteroatoms. The number of rotatable bonds is 3. The number of aromatic nitrogens is 1. The number of carboxylic acid groups (broad SMARTS) is 1. The molecule has 4 nitrogen and oxygen atoms in total. The minimum absolute atomic E-state index is 0. The molecule has 0 aliphatic heterocycles. The van der Waals surface area contributed by atoms with Crippen LogP contribution >= 0.6 is 23.7 Å². The normalized spacial score (nSPS) is 9.65. The van der Waals surface area contributed by atoms with Crippen LogP contribution in [0.3, 0.4) is 0 Å². The van der Waals surface area contributed by atoms with Gasteiger partial charge >= 0.3 is 5.97 Å². The first kappa shape index (κ1) is 13.5. The Morgan fingerprint density at radius 1 is 1.35 bits per heavy atom. The number of nitrogens with two attached hydrogens (primary N) is 1. The van der Waals surface area contributed by atoms with Crippen LogP contribution in [0.1, 0.15) is 5.69 Å². The fourth-order valence-electron chi connectivity index (χ4n) is 1.30. The highest BCUT2D eigenvalue weighted by Crippen LogP contribution is 2.24. The van der Waals surface area contributed by atoms with Crippen molar-refractivity contribution in [3.05, 3.63) is 35.3 Å². The first-order valence-electron chi connectivity index (χ1n) is 4.67. The number of hydrogen-bond donors (Lipinski definition) is 2. The van der Waals surface area contributed by atoms with Crippen LogP contribution in [-0.4, -0.2) is 16.1 Å². The van der Waals surface area contributed by atoms with Crippen LogP contribution in [0.4, 0.5) is 5.69 Å². The van der Waals surface area contributed by atoms with Gasteiger partial charge in [-0.05, 0) is 24.3 Å². The Bertz CT molecular complexity index is 510. The quantitative estimate of drug-likeness (QED) is 0.840. The number of benzene rings is 1. The third kappa shape index (κ3) is 3.44. The average molecular weight is 271 g/mol. The summed E-state index contributed by atoms with van der Waals surface area (Å²) in [6, 6.07) is 7.35. The van der Waals surface area contributed by atoms with E-state index in [1.165, 1.54) is 11.3 Å². The van der Waals surface area contributed by atoms with Gasteiger partial charge in [-0.3, -0.25) is 4.79 Å². The fourth-order valence-corrected chi connectivity index (χ4v) is 2.13. The molecule has 0 bridgehead atoms. The highest BCUT2D eigenvalue weighted by molar-refractivity contribution is 7.13. The Kier molecular flexibility index (Phi) is 4.48. The molecule has 0 saturated carbocycles. The Morgan fingerprint density at radius 2 is 2.00 bits per heavy atom. The number of nitrogen functional groups attached to an aromatic ring is 1. The molecule has 17 heavy (non-hydrogen) atoms. The average Bonchev–Trinajstić information content (AvgIpc) is 2.66. The molecule has 1 aromatic heterocycles. The summed E-state index contributed by atoms with van der Waals surface area (Å²) in [6.07, 6.45) is -0.0362. The molecule has 0 fully saturated rings. The fraction of sp³-hybridized carbons (Fsp3) is 0.0909. The Hall–Kier alpha value is -1.59. The van der Waals surface area contributed by atoms with E-state index in [9.17, 15) is 4.79 Å². The van der Waals surface area contributed by atoms with Crippen LogP contribution in [0.5, 0.6) is 0 Å². The monoisotopic (exact) mass is 270 g/mol. The molecule has 0 unspecified atom stereocenters. The van der Waals surface area contributed by atoms with Crippen molar-refractivity contribution in [2.45, 2.75) is 6.42 Å². The molecule has 0 saturated heterocycles. The van der Waals surface area contributed by atoms with Crippen LogP contribution in [0.15, 0.2) is 29.6 Å². The smallest absolute Gasteiger partial charge is 0.309 e. The molecule has 90 valence electrons. The molecular weight excluding hydrogens is 260 g/mol. The molecule has 1 aromatic carbocycles. The number of nitrogens with zero attached hydrogens (tertiary/aromatic N) is 1. The van der Waals surface area contributed by atoms with E-state index in [1.54, 1.807) is 17.5 Å². The van der Waals surface area contributed by atoms with Crippen LogP contribution in [0, 0.1) is 0 Å². The number of hydrogen-bond acceptors (Lipinski definition) is 4. The lowest BCUT2D eigenvalue weighted by Crippen LogP contribution is -1.99. The van der Waals surface area contributed by atoms with Crippen molar-refractivity contribution in [2.24, 2.45) is 0 Å². The van der Waals surface area contributed by atoms with E-state index in [-0.39, 0.29) is 18.8 Å². The first-order valence-corrected chi connectivity index (χ1v) is 5.55. The van der Waals surface area contributed by atoms with Crippen LogP contribution < -0.4 is 5.73 Å². The minimum atomic E-state index is -0.867. The maximum atomic E-state index is 10.5. The predicted molar refractivity (Wildman–Crippen MR) is 70.6 cm³/mol. The number of carbonyl (C=O) groups is 1. The zero-order valence-corrected chi connectivity index (χ0v) is 10.4.